The monoisotopic (exact) mass is 465 g/mol. The molecule has 0 spiro atoms. The second-order valence-electron chi connectivity index (χ2n) is 8.90. The molecule has 6 atom stereocenters. The largest absolute Gasteiger partial charge is 0.490 e. The molecule has 4 saturated carbocycles. The highest BCUT2D eigenvalue weighted by molar-refractivity contribution is 5.82. The van der Waals surface area contributed by atoms with E-state index in [0.29, 0.717) is 12.8 Å². The van der Waals surface area contributed by atoms with Gasteiger partial charge in [0.2, 0.25) is 0 Å². The quantitative estimate of drug-likeness (QED) is 0.526. The Morgan fingerprint density at radius 1 is 1.03 bits per heavy atom. The predicted octanol–water partition coefficient (Wildman–Crippen LogP) is 4.09. The van der Waals surface area contributed by atoms with Crippen LogP contribution in [-0.2, 0) is 19.1 Å². The van der Waals surface area contributed by atoms with Crippen LogP contribution in [0.3, 0.4) is 0 Å². The molecule has 11 heteroatoms. The molecule has 0 heterocycles. The number of alkyl halides is 6. The number of halogens is 6. The maximum atomic E-state index is 13.1. The summed E-state index contributed by atoms with van der Waals surface area (Å²) in [5, 5.41) is 1.97. The number of esters is 1. The number of rotatable bonds is 5. The molecule has 32 heavy (non-hydrogen) atoms. The smallest absolute Gasteiger partial charge is 0.452 e. The summed E-state index contributed by atoms with van der Waals surface area (Å²) in [5.41, 5.74) is -2.37. The highest BCUT2D eigenvalue weighted by atomic mass is 19.4. The number of hydrogen-bond donors (Lipinski definition) is 1. The van der Waals surface area contributed by atoms with E-state index < -0.39 is 53.3 Å². The van der Waals surface area contributed by atoms with Crippen molar-refractivity contribution in [2.45, 2.75) is 55.3 Å². The third kappa shape index (κ3) is 3.64. The fourth-order valence-electron chi connectivity index (χ4n) is 6.31. The van der Waals surface area contributed by atoms with Crippen molar-refractivity contribution in [1.82, 2.24) is 5.32 Å². The molecule has 4 aliphatic carbocycles. The van der Waals surface area contributed by atoms with E-state index in [0.717, 1.165) is 0 Å². The van der Waals surface area contributed by atoms with Crippen LogP contribution in [0.5, 0.6) is 0 Å². The lowest BCUT2D eigenvalue weighted by atomic mass is 9.67. The molecule has 1 N–H and O–H groups in total. The summed E-state index contributed by atoms with van der Waals surface area (Å²) in [6.45, 7) is 0. The van der Waals surface area contributed by atoms with Crippen LogP contribution in [-0.4, -0.2) is 42.5 Å². The average Bonchev–Trinajstić information content (AvgIpc) is 3.06. The maximum absolute atomic E-state index is 13.1. The summed E-state index contributed by atoms with van der Waals surface area (Å²) >= 11 is 0. The lowest BCUT2D eigenvalue weighted by Crippen LogP contribution is -2.54. The van der Waals surface area contributed by atoms with Gasteiger partial charge in [-0.2, -0.15) is 26.3 Å². The molecule has 1 aromatic carbocycles. The molecule has 4 fully saturated rings. The van der Waals surface area contributed by atoms with Gasteiger partial charge in [0, 0.05) is 19.4 Å². The Bertz CT molecular complexity index is 904. The molecule has 5 nitrogen and oxygen atoms in total. The predicted molar refractivity (Wildman–Crippen MR) is 96.9 cm³/mol. The number of benzene rings is 1. The Kier molecular flexibility index (Phi) is 5.26. The Labute approximate surface area is 179 Å². The van der Waals surface area contributed by atoms with E-state index in [9.17, 15) is 35.9 Å². The van der Waals surface area contributed by atoms with Crippen LogP contribution in [0.25, 0.3) is 0 Å². The molecular weight excluding hydrogens is 444 g/mol. The summed E-state index contributed by atoms with van der Waals surface area (Å²) < 4.78 is 89.4. The zero-order chi connectivity index (χ0) is 23.5. The number of nitrogens with one attached hydrogen (secondary N) is 1. The Hall–Kier alpha value is -2.30. The van der Waals surface area contributed by atoms with Crippen molar-refractivity contribution in [2.24, 2.45) is 17.8 Å². The number of ether oxygens (including phenoxy) is 2. The number of amides is 1. The summed E-state index contributed by atoms with van der Waals surface area (Å²) in [5.74, 6) is -6.23. The Balaban J connectivity index is 1.80. The Morgan fingerprint density at radius 3 is 2.22 bits per heavy atom. The first-order valence-corrected chi connectivity index (χ1v) is 10.1. The summed E-state index contributed by atoms with van der Waals surface area (Å²) in [4.78, 5) is 23.8. The van der Waals surface area contributed by atoms with Gasteiger partial charge in [-0.15, -0.1) is 0 Å². The minimum absolute atomic E-state index is 0.0618. The lowest BCUT2D eigenvalue weighted by molar-refractivity contribution is -0.225. The van der Waals surface area contributed by atoms with Crippen LogP contribution >= 0.6 is 0 Å². The molecular formula is C21H21F6NO4. The number of carbonyl (C=O) groups excluding carboxylic acids is 2. The first kappa shape index (κ1) is 22.9. The molecule has 0 aliphatic heterocycles. The van der Waals surface area contributed by atoms with E-state index in [1.807, 2.05) is 5.32 Å². The van der Waals surface area contributed by atoms with Crippen molar-refractivity contribution >= 4 is 11.9 Å². The number of methoxy groups -OCH3 is 1. The standard InChI is InChI=1S/C21H21F6NO4/c1-31-18-8-11-7-13(18)14(19(9-11,10-18)32-17(30)21(25,26)27)15(12-5-3-2-4-6-12)28-16(29)20(22,23)24/h2-6,11,13-15H,7-10H2,1H3,(H,28,29)/t11?,13?,14-,15+,18-,19+/m1/s1. The molecule has 4 bridgehead atoms. The van der Waals surface area contributed by atoms with Crippen molar-refractivity contribution in [3.8, 4) is 0 Å². The van der Waals surface area contributed by atoms with Crippen molar-refractivity contribution in [3.63, 3.8) is 0 Å². The average molecular weight is 465 g/mol. The minimum Gasteiger partial charge on any atom is -0.452 e. The van der Waals surface area contributed by atoms with Crippen LogP contribution in [0.1, 0.15) is 37.3 Å². The van der Waals surface area contributed by atoms with Crippen LogP contribution in [0.4, 0.5) is 26.3 Å². The van der Waals surface area contributed by atoms with Gasteiger partial charge in [-0.25, -0.2) is 4.79 Å². The van der Waals surface area contributed by atoms with E-state index in [4.69, 9.17) is 9.47 Å². The normalized spacial score (nSPS) is 34.4. The molecule has 0 saturated heterocycles. The molecule has 0 radical (unpaired) electrons. The lowest BCUT2D eigenvalue weighted by Gasteiger charge is -2.46. The van der Waals surface area contributed by atoms with Gasteiger partial charge in [0.15, 0.2) is 0 Å². The van der Waals surface area contributed by atoms with Gasteiger partial charge >= 0.3 is 24.2 Å². The van der Waals surface area contributed by atoms with Crippen molar-refractivity contribution in [2.75, 3.05) is 7.11 Å². The molecule has 1 aromatic rings. The van der Waals surface area contributed by atoms with Gasteiger partial charge in [0.1, 0.15) is 5.60 Å². The second-order valence-corrected chi connectivity index (χ2v) is 8.90. The highest BCUT2D eigenvalue weighted by Gasteiger charge is 2.73. The van der Waals surface area contributed by atoms with E-state index >= 15 is 0 Å². The summed E-state index contributed by atoms with van der Waals surface area (Å²) in [7, 11) is 1.39. The zero-order valence-corrected chi connectivity index (χ0v) is 16.9. The Morgan fingerprint density at radius 2 is 1.66 bits per heavy atom. The maximum Gasteiger partial charge on any atom is 0.490 e. The first-order chi connectivity index (χ1) is 14.8. The highest BCUT2D eigenvalue weighted by Crippen LogP contribution is 2.69. The molecule has 1 amide bonds. The van der Waals surface area contributed by atoms with E-state index in [-0.39, 0.29) is 24.3 Å². The van der Waals surface area contributed by atoms with Crippen LogP contribution < -0.4 is 5.32 Å². The van der Waals surface area contributed by atoms with Crippen molar-refractivity contribution in [3.05, 3.63) is 35.9 Å². The fraction of sp³-hybridized carbons (Fsp3) is 0.619. The number of hydrogen-bond acceptors (Lipinski definition) is 4. The van der Waals surface area contributed by atoms with Crippen molar-refractivity contribution < 1.29 is 45.4 Å². The summed E-state index contributed by atoms with van der Waals surface area (Å²) in [6, 6.07) is 6.36. The minimum atomic E-state index is -5.27. The van der Waals surface area contributed by atoms with Crippen LogP contribution in [0.2, 0.25) is 0 Å². The topological polar surface area (TPSA) is 64.6 Å². The van der Waals surface area contributed by atoms with Crippen molar-refractivity contribution in [1.29, 1.82) is 0 Å². The molecule has 0 aromatic heterocycles. The van der Waals surface area contributed by atoms with E-state index in [2.05, 4.69) is 0 Å². The van der Waals surface area contributed by atoms with Gasteiger partial charge in [0.05, 0.1) is 11.6 Å². The zero-order valence-electron chi connectivity index (χ0n) is 16.9. The number of carbonyl (C=O) groups is 2. The molecule has 4 aliphatic rings. The first-order valence-electron chi connectivity index (χ1n) is 10.1. The van der Waals surface area contributed by atoms with Gasteiger partial charge in [0.25, 0.3) is 0 Å². The van der Waals surface area contributed by atoms with E-state index in [1.54, 1.807) is 18.2 Å². The molecule has 2 unspecified atom stereocenters. The summed E-state index contributed by atoms with van der Waals surface area (Å²) in [6.07, 6.45) is -9.48. The van der Waals surface area contributed by atoms with Crippen LogP contribution in [0.15, 0.2) is 30.3 Å². The second kappa shape index (κ2) is 7.36. The third-order valence-corrected chi connectivity index (χ3v) is 7.17. The van der Waals surface area contributed by atoms with Crippen LogP contribution in [0, 0.1) is 17.8 Å². The fourth-order valence-corrected chi connectivity index (χ4v) is 6.31. The van der Waals surface area contributed by atoms with Gasteiger partial charge in [-0.1, -0.05) is 30.3 Å². The third-order valence-electron chi connectivity index (χ3n) is 7.17. The van der Waals surface area contributed by atoms with Gasteiger partial charge in [-0.3, -0.25) is 4.79 Å². The van der Waals surface area contributed by atoms with E-state index in [1.165, 1.54) is 19.2 Å². The SMILES string of the molecule is CO[C@@]12CC3CC1[C@H]([C@@H](NC(=O)C(F)(F)F)c1ccccc1)[C@](OC(=O)C(F)(F)F)(C3)C2. The van der Waals surface area contributed by atoms with Gasteiger partial charge < -0.3 is 14.8 Å². The van der Waals surface area contributed by atoms with Gasteiger partial charge in [-0.05, 0) is 36.7 Å². The molecule has 5 rings (SSSR count). The molecule has 176 valence electrons.